The Kier molecular flexibility index (Phi) is 5.27. The van der Waals surface area contributed by atoms with E-state index >= 15 is 0 Å². The first-order valence-electron chi connectivity index (χ1n) is 10.8. The second-order valence-corrected chi connectivity index (χ2v) is 8.28. The molecular weight excluding hydrogens is 376 g/mol. The molecule has 0 aliphatic carbocycles. The van der Waals surface area contributed by atoms with Crippen molar-refractivity contribution in [3.63, 3.8) is 0 Å². The number of phenols is 1. The minimum Gasteiger partial charge on any atom is -0.507 e. The van der Waals surface area contributed by atoms with Gasteiger partial charge in [0.15, 0.2) is 5.82 Å². The summed E-state index contributed by atoms with van der Waals surface area (Å²) >= 11 is 0. The normalized spacial score (nSPS) is 18.8. The highest BCUT2D eigenvalue weighted by atomic mass is 16.5. The summed E-state index contributed by atoms with van der Waals surface area (Å²) in [6, 6.07) is 14.3. The number of rotatable bonds is 3. The number of ether oxygens (including phenoxy) is 1. The monoisotopic (exact) mass is 404 g/mol. The van der Waals surface area contributed by atoms with Gasteiger partial charge in [-0.05, 0) is 49.6 Å². The Morgan fingerprint density at radius 1 is 0.967 bits per heavy atom. The van der Waals surface area contributed by atoms with Crippen LogP contribution in [0.3, 0.4) is 0 Å². The van der Waals surface area contributed by atoms with Crippen LogP contribution in [0.1, 0.15) is 18.4 Å². The van der Waals surface area contributed by atoms with Gasteiger partial charge >= 0.3 is 0 Å². The number of nitrogens with zero attached hydrogens (tertiary/aromatic N) is 4. The average molecular weight is 405 g/mol. The molecule has 2 fully saturated rings. The van der Waals surface area contributed by atoms with E-state index in [2.05, 4.69) is 34.9 Å². The number of aryl methyl sites for hydroxylation is 1. The first-order valence-corrected chi connectivity index (χ1v) is 10.8. The summed E-state index contributed by atoms with van der Waals surface area (Å²) in [6.07, 6.45) is 2.26. The van der Waals surface area contributed by atoms with Crippen LogP contribution in [-0.2, 0) is 4.74 Å². The first-order chi connectivity index (χ1) is 14.7. The van der Waals surface area contributed by atoms with Gasteiger partial charge < -0.3 is 14.7 Å². The molecule has 0 unspecified atom stereocenters. The number of anilines is 1. The maximum Gasteiger partial charge on any atom is 0.165 e. The van der Waals surface area contributed by atoms with E-state index in [-0.39, 0.29) is 5.75 Å². The number of hydrogen-bond donors (Lipinski definition) is 1. The van der Waals surface area contributed by atoms with Gasteiger partial charge in [0.2, 0.25) is 0 Å². The van der Waals surface area contributed by atoms with Crippen LogP contribution in [0.15, 0.2) is 42.5 Å². The van der Waals surface area contributed by atoms with Crippen LogP contribution in [0.25, 0.3) is 22.3 Å². The average Bonchev–Trinajstić information content (AvgIpc) is 2.79. The summed E-state index contributed by atoms with van der Waals surface area (Å²) in [5, 5.41) is 11.4. The minimum atomic E-state index is 0.210. The third-order valence-electron chi connectivity index (χ3n) is 6.30. The summed E-state index contributed by atoms with van der Waals surface area (Å²) in [7, 11) is 0. The fourth-order valence-corrected chi connectivity index (χ4v) is 4.63. The lowest BCUT2D eigenvalue weighted by Gasteiger charge is -2.40. The zero-order valence-corrected chi connectivity index (χ0v) is 17.4. The lowest BCUT2D eigenvalue weighted by molar-refractivity contribution is 0.0115. The number of piperidine rings is 1. The van der Waals surface area contributed by atoms with Crippen molar-refractivity contribution in [3.05, 3.63) is 48.0 Å². The number of hydrogen-bond acceptors (Lipinski definition) is 6. The van der Waals surface area contributed by atoms with E-state index in [0.29, 0.717) is 17.4 Å². The van der Waals surface area contributed by atoms with Gasteiger partial charge in [-0.15, -0.1) is 0 Å². The van der Waals surface area contributed by atoms with E-state index in [1.807, 2.05) is 18.2 Å². The molecule has 0 saturated carbocycles. The van der Waals surface area contributed by atoms with Crippen molar-refractivity contribution >= 4 is 16.7 Å². The van der Waals surface area contributed by atoms with Crippen LogP contribution in [0.2, 0.25) is 0 Å². The molecule has 156 valence electrons. The summed E-state index contributed by atoms with van der Waals surface area (Å²) in [6.45, 7) is 7.80. The number of morpholine rings is 1. The molecule has 1 N–H and O–H groups in total. The number of aromatic hydroxyl groups is 1. The number of aromatic nitrogens is 2. The summed E-state index contributed by atoms with van der Waals surface area (Å²) < 4.78 is 5.51. The Balaban J connectivity index is 1.48. The van der Waals surface area contributed by atoms with Crippen LogP contribution < -0.4 is 4.90 Å². The van der Waals surface area contributed by atoms with Crippen molar-refractivity contribution in [2.24, 2.45) is 0 Å². The molecule has 2 aliphatic heterocycles. The van der Waals surface area contributed by atoms with E-state index < -0.39 is 0 Å². The Morgan fingerprint density at radius 3 is 2.50 bits per heavy atom. The van der Waals surface area contributed by atoms with E-state index in [9.17, 15) is 5.11 Å². The van der Waals surface area contributed by atoms with E-state index in [4.69, 9.17) is 14.7 Å². The predicted molar refractivity (Wildman–Crippen MR) is 119 cm³/mol. The van der Waals surface area contributed by atoms with Crippen molar-refractivity contribution in [2.75, 3.05) is 44.3 Å². The topological polar surface area (TPSA) is 61.7 Å². The molecule has 2 aromatic carbocycles. The largest absolute Gasteiger partial charge is 0.507 e. The van der Waals surface area contributed by atoms with Gasteiger partial charge in [0.05, 0.1) is 24.3 Å². The highest BCUT2D eigenvalue weighted by Crippen LogP contribution is 2.33. The number of fused-ring (bicyclic) bond motifs is 1. The highest BCUT2D eigenvalue weighted by Gasteiger charge is 2.27. The van der Waals surface area contributed by atoms with Gasteiger partial charge in [-0.1, -0.05) is 18.2 Å². The SMILES string of the molecule is Cc1ccc2c(N3CCC(N4CCOCC4)CC3)nc(-c3ccccc3O)nc2c1. The van der Waals surface area contributed by atoms with Crippen molar-refractivity contribution in [1.29, 1.82) is 0 Å². The Labute approximate surface area is 177 Å². The van der Waals surface area contributed by atoms with Crippen LogP contribution >= 0.6 is 0 Å². The predicted octanol–water partition coefficient (Wildman–Crippen LogP) is 3.61. The Hall–Kier alpha value is -2.70. The molecular formula is C24H28N4O2. The molecule has 0 amide bonds. The molecule has 2 saturated heterocycles. The molecule has 6 nitrogen and oxygen atoms in total. The van der Waals surface area contributed by atoms with Gasteiger partial charge in [0, 0.05) is 37.6 Å². The van der Waals surface area contributed by atoms with Crippen molar-refractivity contribution in [3.8, 4) is 17.1 Å². The Morgan fingerprint density at radius 2 is 1.73 bits per heavy atom. The molecule has 0 radical (unpaired) electrons. The molecule has 30 heavy (non-hydrogen) atoms. The second-order valence-electron chi connectivity index (χ2n) is 8.28. The molecule has 3 heterocycles. The lowest BCUT2D eigenvalue weighted by atomic mass is 10.0. The van der Waals surface area contributed by atoms with Crippen LogP contribution in [0, 0.1) is 6.92 Å². The fourth-order valence-electron chi connectivity index (χ4n) is 4.63. The third kappa shape index (κ3) is 3.73. The van der Waals surface area contributed by atoms with Gasteiger partial charge in [0.1, 0.15) is 11.6 Å². The lowest BCUT2D eigenvalue weighted by Crippen LogP contribution is -2.49. The smallest absolute Gasteiger partial charge is 0.165 e. The molecule has 3 aromatic rings. The van der Waals surface area contributed by atoms with Crippen LogP contribution in [-0.4, -0.2) is 65.4 Å². The van der Waals surface area contributed by atoms with Crippen molar-refractivity contribution < 1.29 is 9.84 Å². The van der Waals surface area contributed by atoms with E-state index in [1.54, 1.807) is 6.07 Å². The number of para-hydroxylation sites is 1. The minimum absolute atomic E-state index is 0.210. The zero-order valence-electron chi connectivity index (χ0n) is 17.4. The molecule has 2 aliphatic rings. The maximum absolute atomic E-state index is 10.4. The molecule has 1 aromatic heterocycles. The zero-order chi connectivity index (χ0) is 20.5. The van der Waals surface area contributed by atoms with Gasteiger partial charge in [-0.25, -0.2) is 9.97 Å². The standard InChI is InChI=1S/C24H28N4O2/c1-17-6-7-19-21(16-17)25-23(20-4-2-3-5-22(20)29)26-24(19)28-10-8-18(9-11-28)27-12-14-30-15-13-27/h2-7,16,18,29H,8-15H2,1H3. The molecule has 0 bridgehead atoms. The number of benzene rings is 2. The van der Waals surface area contributed by atoms with Crippen LogP contribution in [0.5, 0.6) is 5.75 Å². The van der Waals surface area contributed by atoms with Gasteiger partial charge in [0.25, 0.3) is 0 Å². The molecule has 5 rings (SSSR count). The van der Waals surface area contributed by atoms with Crippen molar-refractivity contribution in [1.82, 2.24) is 14.9 Å². The van der Waals surface area contributed by atoms with Crippen molar-refractivity contribution in [2.45, 2.75) is 25.8 Å². The molecule has 0 spiro atoms. The molecule has 0 atom stereocenters. The van der Waals surface area contributed by atoms with Crippen LogP contribution in [0.4, 0.5) is 5.82 Å². The quantitative estimate of drug-likeness (QED) is 0.720. The van der Waals surface area contributed by atoms with E-state index in [0.717, 1.165) is 69.0 Å². The third-order valence-corrected chi connectivity index (χ3v) is 6.30. The Bertz CT molecular complexity index is 1040. The second kappa shape index (κ2) is 8.20. The summed E-state index contributed by atoms with van der Waals surface area (Å²) in [5.74, 6) is 1.76. The number of phenolic OH excluding ortho intramolecular Hbond substituents is 1. The van der Waals surface area contributed by atoms with Gasteiger partial charge in [-0.3, -0.25) is 4.90 Å². The molecule has 6 heteroatoms. The highest BCUT2D eigenvalue weighted by molar-refractivity contribution is 5.91. The van der Waals surface area contributed by atoms with Gasteiger partial charge in [-0.2, -0.15) is 0 Å². The maximum atomic E-state index is 10.4. The summed E-state index contributed by atoms with van der Waals surface area (Å²) in [5.41, 5.74) is 2.76. The van der Waals surface area contributed by atoms with E-state index in [1.165, 1.54) is 5.56 Å². The summed E-state index contributed by atoms with van der Waals surface area (Å²) in [4.78, 5) is 14.7. The first kappa shape index (κ1) is 19.3. The fraction of sp³-hybridized carbons (Fsp3) is 0.417.